The van der Waals surface area contributed by atoms with Crippen LogP contribution in [-0.2, 0) is 5.33 Å². The van der Waals surface area contributed by atoms with Crippen LogP contribution in [0.4, 0.5) is 0 Å². The van der Waals surface area contributed by atoms with Gasteiger partial charge in [-0.3, -0.25) is 0 Å². The number of hydrogen-bond donors (Lipinski definition) is 0. The Morgan fingerprint density at radius 2 is 1.94 bits per heavy atom. The van der Waals surface area contributed by atoms with E-state index < -0.39 is 0 Å². The number of aryl methyl sites for hydroxylation is 1. The molecule has 18 heavy (non-hydrogen) atoms. The fourth-order valence-corrected chi connectivity index (χ4v) is 2.52. The third-order valence-electron chi connectivity index (χ3n) is 2.52. The molecular weight excluding hydrogens is 379 g/mol. The second kappa shape index (κ2) is 6.09. The van der Waals surface area contributed by atoms with Crippen molar-refractivity contribution in [2.45, 2.75) is 12.3 Å². The minimum atomic E-state index is 0.744. The van der Waals surface area contributed by atoms with E-state index in [-0.39, 0.29) is 0 Å². The molecule has 0 aromatic heterocycles. The lowest BCUT2D eigenvalue weighted by Crippen LogP contribution is -1.90. The molecule has 0 heterocycles. The molecule has 2 aromatic carbocycles. The van der Waals surface area contributed by atoms with Gasteiger partial charge in [-0.15, -0.1) is 0 Å². The second-order valence-corrected chi connectivity index (χ2v) is 5.78. The van der Waals surface area contributed by atoms with Gasteiger partial charge in [0.05, 0.1) is 0 Å². The smallest absolute Gasteiger partial charge is 0.131 e. The highest BCUT2D eigenvalue weighted by atomic mass is 79.9. The van der Waals surface area contributed by atoms with Crippen LogP contribution in [0.25, 0.3) is 0 Å². The zero-order valence-electron chi connectivity index (χ0n) is 9.71. The third-order valence-corrected chi connectivity index (χ3v) is 4.05. The van der Waals surface area contributed by atoms with Crippen molar-refractivity contribution in [2.75, 3.05) is 0 Å². The fraction of sp³-hybridized carbons (Fsp3) is 0.143. The van der Waals surface area contributed by atoms with Crippen molar-refractivity contribution >= 4 is 43.5 Å². The number of halogens is 3. The molecule has 94 valence electrons. The SMILES string of the molecule is Cc1cc(Oc2ccc(Br)cc2CBr)ccc1Cl. The van der Waals surface area contributed by atoms with E-state index in [1.165, 1.54) is 0 Å². The van der Waals surface area contributed by atoms with Crippen LogP contribution in [0.5, 0.6) is 11.5 Å². The van der Waals surface area contributed by atoms with Crippen LogP contribution in [0.1, 0.15) is 11.1 Å². The molecule has 0 saturated heterocycles. The lowest BCUT2D eigenvalue weighted by molar-refractivity contribution is 0.478. The van der Waals surface area contributed by atoms with E-state index >= 15 is 0 Å². The van der Waals surface area contributed by atoms with Crippen LogP contribution in [0.3, 0.4) is 0 Å². The summed E-state index contributed by atoms with van der Waals surface area (Å²) in [5.74, 6) is 1.64. The van der Waals surface area contributed by atoms with E-state index in [4.69, 9.17) is 16.3 Å². The monoisotopic (exact) mass is 388 g/mol. The Hall–Kier alpha value is -0.510. The molecule has 0 spiro atoms. The molecule has 0 aliphatic heterocycles. The van der Waals surface area contributed by atoms with Crippen molar-refractivity contribution in [1.29, 1.82) is 0 Å². The number of benzene rings is 2. The highest BCUT2D eigenvalue weighted by Gasteiger charge is 2.06. The third kappa shape index (κ3) is 3.28. The summed E-state index contributed by atoms with van der Waals surface area (Å²) < 4.78 is 6.92. The van der Waals surface area contributed by atoms with Crippen molar-refractivity contribution in [3.8, 4) is 11.5 Å². The Morgan fingerprint density at radius 3 is 2.61 bits per heavy atom. The number of ether oxygens (including phenoxy) is 1. The molecule has 0 bridgehead atoms. The normalized spacial score (nSPS) is 10.4. The molecule has 0 aliphatic carbocycles. The predicted molar refractivity (Wildman–Crippen MR) is 83.0 cm³/mol. The minimum Gasteiger partial charge on any atom is -0.457 e. The fourth-order valence-electron chi connectivity index (χ4n) is 1.56. The van der Waals surface area contributed by atoms with Gasteiger partial charge >= 0.3 is 0 Å². The van der Waals surface area contributed by atoms with Crippen LogP contribution >= 0.6 is 43.5 Å². The van der Waals surface area contributed by atoms with Gasteiger partial charge < -0.3 is 4.74 Å². The molecule has 4 heteroatoms. The summed E-state index contributed by atoms with van der Waals surface area (Å²) in [6.07, 6.45) is 0. The number of rotatable bonds is 3. The van der Waals surface area contributed by atoms with Gasteiger partial charge in [0, 0.05) is 20.4 Å². The molecule has 0 atom stereocenters. The molecule has 0 radical (unpaired) electrons. The van der Waals surface area contributed by atoms with Gasteiger partial charge in [-0.2, -0.15) is 0 Å². The Kier molecular flexibility index (Phi) is 4.71. The molecule has 0 N–H and O–H groups in total. The lowest BCUT2D eigenvalue weighted by atomic mass is 10.2. The van der Waals surface area contributed by atoms with Crippen LogP contribution in [-0.4, -0.2) is 0 Å². The molecule has 0 unspecified atom stereocenters. The van der Waals surface area contributed by atoms with Crippen molar-refractivity contribution in [3.05, 3.63) is 57.0 Å². The quantitative estimate of drug-likeness (QED) is 0.576. The Morgan fingerprint density at radius 1 is 1.17 bits per heavy atom. The van der Waals surface area contributed by atoms with Gasteiger partial charge in [-0.25, -0.2) is 0 Å². The summed E-state index contributed by atoms with van der Waals surface area (Å²) in [7, 11) is 0. The Bertz CT molecular complexity index is 570. The molecule has 0 saturated carbocycles. The standard InChI is InChI=1S/C14H11Br2ClO/c1-9-6-12(3-4-13(9)17)18-14-5-2-11(16)7-10(14)8-15/h2-7H,8H2,1H3. The van der Waals surface area contributed by atoms with E-state index in [0.29, 0.717) is 0 Å². The van der Waals surface area contributed by atoms with Gasteiger partial charge in [0.1, 0.15) is 11.5 Å². The maximum atomic E-state index is 5.99. The van der Waals surface area contributed by atoms with Crippen molar-refractivity contribution in [1.82, 2.24) is 0 Å². The zero-order chi connectivity index (χ0) is 13.1. The average Bonchev–Trinajstić information content (AvgIpc) is 2.36. The highest BCUT2D eigenvalue weighted by Crippen LogP contribution is 2.31. The maximum absolute atomic E-state index is 5.99. The molecular formula is C14H11Br2ClO. The highest BCUT2D eigenvalue weighted by molar-refractivity contribution is 9.10. The van der Waals surface area contributed by atoms with Crippen molar-refractivity contribution < 1.29 is 4.74 Å². The summed E-state index contributed by atoms with van der Waals surface area (Å²) in [6, 6.07) is 11.6. The maximum Gasteiger partial charge on any atom is 0.131 e. The summed E-state index contributed by atoms with van der Waals surface area (Å²) in [5, 5.41) is 1.49. The first-order valence-electron chi connectivity index (χ1n) is 5.38. The van der Waals surface area contributed by atoms with E-state index in [0.717, 1.165) is 37.5 Å². The predicted octanol–water partition coefficient (Wildman–Crippen LogP) is 6.10. The molecule has 2 aromatic rings. The molecule has 0 aliphatic rings. The number of alkyl halides is 1. The van der Waals surface area contributed by atoms with Gasteiger partial charge in [-0.05, 0) is 48.9 Å². The van der Waals surface area contributed by atoms with E-state index in [9.17, 15) is 0 Å². The minimum absolute atomic E-state index is 0.744. The van der Waals surface area contributed by atoms with Crippen molar-refractivity contribution in [2.24, 2.45) is 0 Å². The van der Waals surface area contributed by atoms with E-state index in [1.807, 2.05) is 43.3 Å². The molecule has 0 fully saturated rings. The van der Waals surface area contributed by atoms with E-state index in [2.05, 4.69) is 31.9 Å². The first-order valence-corrected chi connectivity index (χ1v) is 7.68. The van der Waals surface area contributed by atoms with Gasteiger partial charge in [0.25, 0.3) is 0 Å². The van der Waals surface area contributed by atoms with Gasteiger partial charge in [-0.1, -0.05) is 43.5 Å². The van der Waals surface area contributed by atoms with Crippen LogP contribution in [0.2, 0.25) is 5.02 Å². The van der Waals surface area contributed by atoms with Gasteiger partial charge in [0.2, 0.25) is 0 Å². The first-order chi connectivity index (χ1) is 8.60. The topological polar surface area (TPSA) is 9.23 Å². The summed E-state index contributed by atoms with van der Waals surface area (Å²) in [6.45, 7) is 1.96. The van der Waals surface area contributed by atoms with Crippen LogP contribution in [0.15, 0.2) is 40.9 Å². The van der Waals surface area contributed by atoms with E-state index in [1.54, 1.807) is 0 Å². The average molecular weight is 391 g/mol. The summed E-state index contributed by atoms with van der Waals surface area (Å²) in [4.78, 5) is 0. The molecule has 2 rings (SSSR count). The Balaban J connectivity index is 2.30. The summed E-state index contributed by atoms with van der Waals surface area (Å²) >= 11 is 12.9. The van der Waals surface area contributed by atoms with Crippen LogP contribution < -0.4 is 4.74 Å². The molecule has 0 amide bonds. The Labute approximate surface area is 128 Å². The van der Waals surface area contributed by atoms with Gasteiger partial charge in [0.15, 0.2) is 0 Å². The second-order valence-electron chi connectivity index (χ2n) is 3.90. The molecule has 1 nitrogen and oxygen atoms in total. The number of hydrogen-bond acceptors (Lipinski definition) is 1. The zero-order valence-corrected chi connectivity index (χ0v) is 13.6. The van der Waals surface area contributed by atoms with Crippen molar-refractivity contribution in [3.63, 3.8) is 0 Å². The largest absolute Gasteiger partial charge is 0.457 e. The lowest BCUT2D eigenvalue weighted by Gasteiger charge is -2.11. The summed E-state index contributed by atoms with van der Waals surface area (Å²) in [5.41, 5.74) is 2.10. The first kappa shape index (κ1) is 13.9. The van der Waals surface area contributed by atoms with Crippen LogP contribution in [0, 0.1) is 6.92 Å².